The number of rotatable bonds is 7. The third-order valence-electron chi connectivity index (χ3n) is 3.91. The van der Waals surface area contributed by atoms with Gasteiger partial charge in [-0.05, 0) is 16.4 Å². The summed E-state index contributed by atoms with van der Waals surface area (Å²) >= 11 is 1.77. The zero-order chi connectivity index (χ0) is 18.4. The maximum atomic E-state index is 12.1. The van der Waals surface area contributed by atoms with Gasteiger partial charge in [-0.3, -0.25) is 9.78 Å². The largest absolute Gasteiger partial charge is 0.345 e. The number of hydrogen-bond donors (Lipinski definition) is 2. The van der Waals surface area contributed by atoms with Gasteiger partial charge in [-0.25, -0.2) is 4.98 Å². The van der Waals surface area contributed by atoms with Gasteiger partial charge in [0.2, 0.25) is 5.95 Å². The van der Waals surface area contributed by atoms with Gasteiger partial charge in [-0.1, -0.05) is 74.5 Å². The molecule has 0 unspecified atom stereocenters. The summed E-state index contributed by atoms with van der Waals surface area (Å²) in [4.78, 5) is 19.5. The molecule has 0 saturated heterocycles. The van der Waals surface area contributed by atoms with Gasteiger partial charge in [0.1, 0.15) is 0 Å². The number of benzene rings is 2. The molecular formula is C21H23N3OS. The van der Waals surface area contributed by atoms with Crippen molar-refractivity contribution in [1.29, 1.82) is 0 Å². The molecule has 0 saturated carbocycles. The Morgan fingerprint density at radius 2 is 1.58 bits per heavy atom. The molecule has 0 amide bonds. The molecule has 0 radical (unpaired) electrons. The van der Waals surface area contributed by atoms with Crippen molar-refractivity contribution in [2.45, 2.75) is 30.9 Å². The zero-order valence-corrected chi connectivity index (χ0v) is 15.8. The average Bonchev–Trinajstić information content (AvgIpc) is 2.65. The molecular weight excluding hydrogens is 342 g/mol. The van der Waals surface area contributed by atoms with E-state index in [4.69, 9.17) is 0 Å². The zero-order valence-electron chi connectivity index (χ0n) is 15.0. The number of anilines is 1. The van der Waals surface area contributed by atoms with Crippen LogP contribution in [0.15, 0.2) is 71.5 Å². The molecule has 0 fully saturated rings. The average molecular weight is 366 g/mol. The Morgan fingerprint density at radius 1 is 1.00 bits per heavy atom. The van der Waals surface area contributed by atoms with Crippen molar-refractivity contribution in [3.63, 3.8) is 0 Å². The molecule has 0 spiro atoms. The van der Waals surface area contributed by atoms with Crippen LogP contribution in [-0.2, 0) is 5.75 Å². The Balaban J connectivity index is 1.91. The summed E-state index contributed by atoms with van der Waals surface area (Å²) < 4.78 is 0. The van der Waals surface area contributed by atoms with Gasteiger partial charge in [0, 0.05) is 11.8 Å². The first-order chi connectivity index (χ1) is 12.6. The second-order valence-corrected chi connectivity index (χ2v) is 7.91. The molecule has 3 aromatic rings. The lowest BCUT2D eigenvalue weighted by atomic mass is 9.99. The molecule has 4 nitrogen and oxygen atoms in total. The van der Waals surface area contributed by atoms with Crippen LogP contribution in [0.1, 0.15) is 36.7 Å². The number of H-pyrrole nitrogens is 1. The fourth-order valence-electron chi connectivity index (χ4n) is 2.69. The Kier molecular flexibility index (Phi) is 6.12. The van der Waals surface area contributed by atoms with Crippen LogP contribution in [0.3, 0.4) is 0 Å². The van der Waals surface area contributed by atoms with Gasteiger partial charge in [0.05, 0.1) is 11.7 Å². The van der Waals surface area contributed by atoms with E-state index in [1.165, 1.54) is 0 Å². The fourth-order valence-corrected chi connectivity index (χ4v) is 3.34. The summed E-state index contributed by atoms with van der Waals surface area (Å²) in [5, 5.41) is 3.90. The summed E-state index contributed by atoms with van der Waals surface area (Å²) in [6, 6.07) is 21.8. The van der Waals surface area contributed by atoms with Crippen LogP contribution in [0.25, 0.3) is 0 Å². The van der Waals surface area contributed by atoms with Gasteiger partial charge >= 0.3 is 0 Å². The van der Waals surface area contributed by atoms with E-state index in [1.54, 1.807) is 17.8 Å². The van der Waals surface area contributed by atoms with Crippen molar-refractivity contribution < 1.29 is 0 Å². The Morgan fingerprint density at radius 3 is 2.12 bits per heavy atom. The quantitative estimate of drug-likeness (QED) is 0.642. The van der Waals surface area contributed by atoms with E-state index in [1.807, 2.05) is 36.4 Å². The minimum atomic E-state index is -0.137. The number of aromatic nitrogens is 2. The van der Waals surface area contributed by atoms with Crippen molar-refractivity contribution in [2.75, 3.05) is 5.32 Å². The first kappa shape index (κ1) is 18.3. The van der Waals surface area contributed by atoms with Crippen LogP contribution in [0.5, 0.6) is 0 Å². The van der Waals surface area contributed by atoms with Crippen LogP contribution >= 0.6 is 11.8 Å². The topological polar surface area (TPSA) is 57.8 Å². The summed E-state index contributed by atoms with van der Waals surface area (Å²) in [6.07, 6.45) is 0. The van der Waals surface area contributed by atoms with Gasteiger partial charge < -0.3 is 5.32 Å². The van der Waals surface area contributed by atoms with E-state index in [9.17, 15) is 4.79 Å². The Hall–Kier alpha value is -2.53. The molecule has 0 aliphatic heterocycles. The molecule has 1 aromatic heterocycles. The van der Waals surface area contributed by atoms with Crippen molar-refractivity contribution >= 4 is 17.7 Å². The number of nitrogens with one attached hydrogen (secondary N) is 2. The fraction of sp³-hybridized carbons (Fsp3) is 0.238. The van der Waals surface area contributed by atoms with E-state index in [0.29, 0.717) is 11.2 Å². The van der Waals surface area contributed by atoms with Crippen LogP contribution in [-0.4, -0.2) is 15.2 Å². The first-order valence-electron chi connectivity index (χ1n) is 8.70. The Bertz CT molecular complexity index is 839. The molecule has 0 bridgehead atoms. The number of aromatic amines is 1. The molecule has 1 heterocycles. The summed E-state index contributed by atoms with van der Waals surface area (Å²) in [5.41, 5.74) is 2.88. The molecule has 5 heteroatoms. The highest BCUT2D eigenvalue weighted by Gasteiger charge is 2.15. The van der Waals surface area contributed by atoms with Gasteiger partial charge in [-0.2, -0.15) is 11.8 Å². The van der Waals surface area contributed by atoms with Crippen LogP contribution < -0.4 is 10.9 Å². The summed E-state index contributed by atoms with van der Waals surface area (Å²) in [7, 11) is 0. The maximum Gasteiger partial charge on any atom is 0.252 e. The first-order valence-corrected chi connectivity index (χ1v) is 9.75. The highest BCUT2D eigenvalue weighted by molar-refractivity contribution is 7.99. The SMILES string of the molecule is CC(C)SCc1cc(=O)[nH]c(NC(c2ccccc2)c2ccccc2)n1. The van der Waals surface area contributed by atoms with Crippen LogP contribution in [0, 0.1) is 0 Å². The Labute approximate surface area is 158 Å². The van der Waals surface area contributed by atoms with Crippen molar-refractivity contribution in [3.8, 4) is 0 Å². The van der Waals surface area contributed by atoms with E-state index < -0.39 is 0 Å². The molecule has 134 valence electrons. The predicted octanol–water partition coefficient (Wildman–Crippen LogP) is 4.61. The third-order valence-corrected chi connectivity index (χ3v) is 5.04. The second-order valence-electron chi connectivity index (χ2n) is 6.34. The maximum absolute atomic E-state index is 12.1. The van der Waals surface area contributed by atoms with Crippen molar-refractivity contribution in [1.82, 2.24) is 9.97 Å². The van der Waals surface area contributed by atoms with Gasteiger partial charge in [-0.15, -0.1) is 0 Å². The normalized spacial score (nSPS) is 11.1. The second kappa shape index (κ2) is 8.72. The molecule has 26 heavy (non-hydrogen) atoms. The van der Waals surface area contributed by atoms with Crippen LogP contribution in [0.4, 0.5) is 5.95 Å². The smallest absolute Gasteiger partial charge is 0.252 e. The molecule has 2 aromatic carbocycles. The van der Waals surface area contributed by atoms with Crippen LogP contribution in [0.2, 0.25) is 0 Å². The van der Waals surface area contributed by atoms with Gasteiger partial charge in [0.25, 0.3) is 5.56 Å². The predicted molar refractivity (Wildman–Crippen MR) is 110 cm³/mol. The van der Waals surface area contributed by atoms with Crippen molar-refractivity contribution in [3.05, 3.63) is 93.9 Å². The lowest BCUT2D eigenvalue weighted by Gasteiger charge is -2.20. The highest BCUT2D eigenvalue weighted by atomic mass is 32.2. The molecule has 0 aliphatic carbocycles. The van der Waals surface area contributed by atoms with E-state index in [0.717, 1.165) is 22.6 Å². The molecule has 3 rings (SSSR count). The monoisotopic (exact) mass is 365 g/mol. The standard InChI is InChI=1S/C21H23N3OS/c1-15(2)26-14-18-13-19(25)23-21(22-18)24-20(16-9-5-3-6-10-16)17-11-7-4-8-12-17/h3-13,15,20H,14H2,1-2H3,(H2,22,23,24,25). The minimum absolute atomic E-state index is 0.0893. The van der Waals surface area contributed by atoms with E-state index in [2.05, 4.69) is 53.4 Å². The molecule has 0 atom stereocenters. The summed E-state index contributed by atoms with van der Waals surface area (Å²) in [6.45, 7) is 4.27. The number of hydrogen-bond acceptors (Lipinski definition) is 4. The lowest BCUT2D eigenvalue weighted by molar-refractivity contribution is 0.895. The molecule has 0 aliphatic rings. The number of thioether (sulfide) groups is 1. The highest BCUT2D eigenvalue weighted by Crippen LogP contribution is 2.25. The third kappa shape index (κ3) is 4.99. The number of nitrogens with zero attached hydrogens (tertiary/aromatic N) is 1. The minimum Gasteiger partial charge on any atom is -0.345 e. The summed E-state index contributed by atoms with van der Waals surface area (Å²) in [5.74, 6) is 1.21. The lowest BCUT2D eigenvalue weighted by Crippen LogP contribution is -2.18. The molecule has 2 N–H and O–H groups in total. The van der Waals surface area contributed by atoms with Crippen molar-refractivity contribution in [2.24, 2.45) is 0 Å². The van der Waals surface area contributed by atoms with Gasteiger partial charge in [0.15, 0.2) is 0 Å². The van der Waals surface area contributed by atoms with E-state index >= 15 is 0 Å². The van der Waals surface area contributed by atoms with E-state index in [-0.39, 0.29) is 11.6 Å².